The highest BCUT2D eigenvalue weighted by atomic mass is 32.1. The third-order valence-electron chi connectivity index (χ3n) is 4.12. The van der Waals surface area contributed by atoms with Crippen molar-refractivity contribution in [2.24, 2.45) is 11.8 Å². The fourth-order valence-corrected chi connectivity index (χ4v) is 3.15. The van der Waals surface area contributed by atoms with Gasteiger partial charge in [-0.3, -0.25) is 4.79 Å². The number of benzene rings is 1. The molecule has 1 aliphatic carbocycles. The van der Waals surface area contributed by atoms with Crippen molar-refractivity contribution in [3.63, 3.8) is 0 Å². The first-order valence-corrected chi connectivity index (χ1v) is 7.62. The predicted molar refractivity (Wildman–Crippen MR) is 81.7 cm³/mol. The van der Waals surface area contributed by atoms with Crippen molar-refractivity contribution in [1.29, 1.82) is 0 Å². The lowest BCUT2D eigenvalue weighted by Gasteiger charge is -2.34. The minimum Gasteiger partial charge on any atom is -0.349 e. The number of amides is 1. The Bertz CT molecular complexity index is 427. The summed E-state index contributed by atoms with van der Waals surface area (Å²) in [5, 5.41) is 3.22. The average Bonchev–Trinajstić information content (AvgIpc) is 2.39. The van der Waals surface area contributed by atoms with Gasteiger partial charge in [-0.2, -0.15) is 0 Å². The summed E-state index contributed by atoms with van der Waals surface area (Å²) in [7, 11) is 0. The highest BCUT2D eigenvalue weighted by molar-refractivity contribution is 7.80. The third kappa shape index (κ3) is 3.75. The Hall–Kier alpha value is -0.960. The molecule has 2 nitrogen and oxygen atoms in total. The lowest BCUT2D eigenvalue weighted by molar-refractivity contribution is 0.0889. The van der Waals surface area contributed by atoms with E-state index in [-0.39, 0.29) is 5.91 Å². The van der Waals surface area contributed by atoms with Gasteiger partial charge in [-0.05, 0) is 48.9 Å². The summed E-state index contributed by atoms with van der Waals surface area (Å²) in [6.45, 7) is 4.51. The van der Waals surface area contributed by atoms with Gasteiger partial charge in [-0.1, -0.05) is 26.7 Å². The van der Waals surface area contributed by atoms with Gasteiger partial charge in [-0.15, -0.1) is 12.6 Å². The number of carbonyl (C=O) groups is 1. The smallest absolute Gasteiger partial charge is 0.251 e. The van der Waals surface area contributed by atoms with Crippen LogP contribution in [0.4, 0.5) is 0 Å². The molecule has 0 saturated heterocycles. The first-order chi connectivity index (χ1) is 9.08. The van der Waals surface area contributed by atoms with Crippen molar-refractivity contribution in [3.8, 4) is 0 Å². The molecule has 0 aliphatic heterocycles. The van der Waals surface area contributed by atoms with Crippen LogP contribution in [0.2, 0.25) is 0 Å². The highest BCUT2D eigenvalue weighted by Gasteiger charge is 2.28. The zero-order valence-corrected chi connectivity index (χ0v) is 12.6. The largest absolute Gasteiger partial charge is 0.349 e. The molecule has 1 fully saturated rings. The normalized spacial score (nSPS) is 23.4. The van der Waals surface area contributed by atoms with Crippen LogP contribution in [0.3, 0.4) is 0 Å². The van der Waals surface area contributed by atoms with Crippen molar-refractivity contribution in [1.82, 2.24) is 5.32 Å². The Morgan fingerprint density at radius 3 is 2.47 bits per heavy atom. The van der Waals surface area contributed by atoms with Crippen molar-refractivity contribution >= 4 is 18.5 Å². The predicted octanol–water partition coefficient (Wildman–Crippen LogP) is 3.92. The van der Waals surface area contributed by atoms with Crippen LogP contribution < -0.4 is 5.32 Å². The molecule has 2 unspecified atom stereocenters. The monoisotopic (exact) mass is 277 g/mol. The van der Waals surface area contributed by atoms with Crippen molar-refractivity contribution in [3.05, 3.63) is 29.8 Å². The second kappa shape index (κ2) is 6.47. The van der Waals surface area contributed by atoms with Gasteiger partial charge >= 0.3 is 0 Å². The number of nitrogens with one attached hydrogen (secondary N) is 1. The van der Waals surface area contributed by atoms with E-state index in [0.29, 0.717) is 17.9 Å². The van der Waals surface area contributed by atoms with Gasteiger partial charge in [0.2, 0.25) is 0 Å². The van der Waals surface area contributed by atoms with Crippen LogP contribution in [0, 0.1) is 11.8 Å². The highest BCUT2D eigenvalue weighted by Crippen LogP contribution is 2.30. The molecule has 2 rings (SSSR count). The third-order valence-corrected chi connectivity index (χ3v) is 4.42. The molecule has 0 heterocycles. The summed E-state index contributed by atoms with van der Waals surface area (Å²) in [6.07, 6.45) is 4.87. The van der Waals surface area contributed by atoms with E-state index < -0.39 is 0 Å². The number of hydrogen-bond donors (Lipinski definition) is 2. The first kappa shape index (κ1) is 14.4. The second-order valence-corrected chi connectivity index (χ2v) is 6.34. The maximum atomic E-state index is 12.3. The standard InChI is InChI=1S/C16H23NOS/c1-11(2)14-5-3-4-6-15(14)17-16(18)12-7-9-13(19)10-8-12/h7-11,14-15,19H,3-6H2,1-2H3,(H,17,18). The molecule has 1 N–H and O–H groups in total. The van der Waals surface area contributed by atoms with Gasteiger partial charge in [0.15, 0.2) is 0 Å². The number of thiol groups is 1. The summed E-state index contributed by atoms with van der Waals surface area (Å²) < 4.78 is 0. The van der Waals surface area contributed by atoms with Gasteiger partial charge in [-0.25, -0.2) is 0 Å². The molecule has 3 heteroatoms. The Labute approximate surface area is 121 Å². The van der Waals surface area contributed by atoms with Crippen LogP contribution in [-0.4, -0.2) is 11.9 Å². The van der Waals surface area contributed by atoms with Crippen LogP contribution in [-0.2, 0) is 0 Å². The molecule has 104 valence electrons. The minimum absolute atomic E-state index is 0.0471. The molecule has 0 spiro atoms. The molecule has 1 saturated carbocycles. The maximum Gasteiger partial charge on any atom is 0.251 e. The van der Waals surface area contributed by atoms with E-state index in [1.807, 2.05) is 24.3 Å². The summed E-state index contributed by atoms with van der Waals surface area (Å²) in [5.41, 5.74) is 0.728. The van der Waals surface area contributed by atoms with Gasteiger partial charge in [0, 0.05) is 16.5 Å². The van der Waals surface area contributed by atoms with Gasteiger partial charge in [0.1, 0.15) is 0 Å². The van der Waals surface area contributed by atoms with Crippen molar-refractivity contribution in [2.45, 2.75) is 50.5 Å². The Balaban J connectivity index is 2.02. The van der Waals surface area contributed by atoms with Gasteiger partial charge < -0.3 is 5.32 Å². The molecule has 1 amide bonds. The SMILES string of the molecule is CC(C)C1CCCCC1NC(=O)c1ccc(S)cc1. The maximum absolute atomic E-state index is 12.3. The number of carbonyl (C=O) groups excluding carboxylic acids is 1. The van der Waals surface area contributed by atoms with Crippen LogP contribution in [0.25, 0.3) is 0 Å². The molecule has 2 atom stereocenters. The van der Waals surface area contributed by atoms with E-state index in [2.05, 4.69) is 31.8 Å². The lowest BCUT2D eigenvalue weighted by atomic mass is 9.78. The quantitative estimate of drug-likeness (QED) is 0.806. The topological polar surface area (TPSA) is 29.1 Å². The first-order valence-electron chi connectivity index (χ1n) is 7.18. The molecule has 1 aromatic rings. The van der Waals surface area contributed by atoms with Crippen LogP contribution in [0.5, 0.6) is 0 Å². The Morgan fingerprint density at radius 1 is 1.21 bits per heavy atom. The summed E-state index contributed by atoms with van der Waals surface area (Å²) in [6, 6.07) is 7.73. The van der Waals surface area contributed by atoms with Crippen molar-refractivity contribution < 1.29 is 4.79 Å². The minimum atomic E-state index is 0.0471. The Morgan fingerprint density at radius 2 is 1.84 bits per heavy atom. The zero-order chi connectivity index (χ0) is 13.8. The fourth-order valence-electron chi connectivity index (χ4n) is 3.00. The molecular formula is C16H23NOS. The van der Waals surface area contributed by atoms with E-state index in [0.717, 1.165) is 16.9 Å². The van der Waals surface area contributed by atoms with E-state index >= 15 is 0 Å². The van der Waals surface area contributed by atoms with E-state index in [9.17, 15) is 4.79 Å². The summed E-state index contributed by atoms with van der Waals surface area (Å²) in [4.78, 5) is 13.1. The van der Waals surface area contributed by atoms with Crippen LogP contribution in [0.1, 0.15) is 49.9 Å². The molecule has 0 bridgehead atoms. The van der Waals surface area contributed by atoms with Crippen LogP contribution >= 0.6 is 12.6 Å². The van der Waals surface area contributed by atoms with Crippen molar-refractivity contribution in [2.75, 3.05) is 0 Å². The van der Waals surface area contributed by atoms with Gasteiger partial charge in [0.25, 0.3) is 5.91 Å². The van der Waals surface area contributed by atoms with E-state index in [4.69, 9.17) is 0 Å². The fraction of sp³-hybridized carbons (Fsp3) is 0.562. The van der Waals surface area contributed by atoms with E-state index in [1.54, 1.807) is 0 Å². The van der Waals surface area contributed by atoms with Gasteiger partial charge in [0.05, 0.1) is 0 Å². The Kier molecular flexibility index (Phi) is 4.92. The number of rotatable bonds is 3. The number of hydrogen-bond acceptors (Lipinski definition) is 2. The van der Waals surface area contributed by atoms with E-state index in [1.165, 1.54) is 19.3 Å². The van der Waals surface area contributed by atoms with Crippen LogP contribution in [0.15, 0.2) is 29.2 Å². The lowest BCUT2D eigenvalue weighted by Crippen LogP contribution is -2.43. The zero-order valence-electron chi connectivity index (χ0n) is 11.7. The molecular weight excluding hydrogens is 254 g/mol. The molecule has 19 heavy (non-hydrogen) atoms. The molecule has 1 aliphatic rings. The molecule has 0 radical (unpaired) electrons. The summed E-state index contributed by atoms with van der Waals surface area (Å²) in [5.74, 6) is 1.29. The summed E-state index contributed by atoms with van der Waals surface area (Å²) >= 11 is 4.24. The second-order valence-electron chi connectivity index (χ2n) is 5.82. The molecule has 0 aromatic heterocycles. The molecule has 1 aromatic carbocycles. The average molecular weight is 277 g/mol.